The van der Waals surface area contributed by atoms with Crippen LogP contribution in [0.5, 0.6) is 0 Å². The molecule has 0 aliphatic heterocycles. The maximum atomic E-state index is 0. The van der Waals surface area contributed by atoms with Crippen molar-refractivity contribution in [2.24, 2.45) is 0 Å². The van der Waals surface area contributed by atoms with Crippen molar-refractivity contribution in [3.05, 3.63) is 0 Å². The predicted octanol–water partition coefficient (Wildman–Crippen LogP) is -0.611. The second-order valence-corrected chi connectivity index (χ2v) is 0. The van der Waals surface area contributed by atoms with Crippen LogP contribution in [-0.4, -0.2) is 37.7 Å². The quantitative estimate of drug-likeness (QED) is 0.478. The van der Waals surface area contributed by atoms with Gasteiger partial charge in [0.2, 0.25) is 0 Å². The van der Waals surface area contributed by atoms with Crippen molar-refractivity contribution < 1.29 is 45.0 Å². The van der Waals surface area contributed by atoms with Crippen LogP contribution >= 0.6 is 0 Å². The molecule has 0 aliphatic carbocycles. The van der Waals surface area contributed by atoms with Crippen molar-refractivity contribution in [2.45, 2.75) is 0 Å². The van der Waals surface area contributed by atoms with Gasteiger partial charge in [0, 0.05) is 35.6 Å². The van der Waals surface area contributed by atoms with Crippen LogP contribution in [0.4, 0.5) is 9.41 Å². The molecule has 0 aromatic heterocycles. The SMILES string of the molecule is F.F.[CaH2].[La]. The second-order valence-electron chi connectivity index (χ2n) is 0. The topological polar surface area (TPSA) is 0 Å². The summed E-state index contributed by atoms with van der Waals surface area (Å²) in [5.74, 6) is 0. The number of hydrogen-bond acceptors (Lipinski definition) is 0. The van der Waals surface area contributed by atoms with E-state index >= 15 is 0 Å². The Morgan fingerprint density at radius 2 is 0.750 bits per heavy atom. The zero-order valence-corrected chi connectivity index (χ0v) is 5.02. The van der Waals surface area contributed by atoms with Gasteiger partial charge < -0.3 is 0 Å². The summed E-state index contributed by atoms with van der Waals surface area (Å²) in [6, 6.07) is 0. The van der Waals surface area contributed by atoms with Gasteiger partial charge in [0.05, 0.1) is 0 Å². The summed E-state index contributed by atoms with van der Waals surface area (Å²) < 4.78 is 0. The van der Waals surface area contributed by atoms with Crippen molar-refractivity contribution in [2.75, 3.05) is 0 Å². The molecule has 0 aromatic rings. The van der Waals surface area contributed by atoms with Crippen molar-refractivity contribution in [1.29, 1.82) is 0 Å². The van der Waals surface area contributed by atoms with Gasteiger partial charge in [0.1, 0.15) is 0 Å². The largest absolute Gasteiger partial charge is 0 e. The predicted molar refractivity (Wildman–Crippen MR) is 13.5 cm³/mol. The fourth-order valence-electron chi connectivity index (χ4n) is 0. The van der Waals surface area contributed by atoms with Crippen molar-refractivity contribution in [1.82, 2.24) is 0 Å². The van der Waals surface area contributed by atoms with E-state index in [0.29, 0.717) is 0 Å². The third-order valence-corrected chi connectivity index (χ3v) is 0. The van der Waals surface area contributed by atoms with Crippen molar-refractivity contribution in [3.8, 4) is 0 Å². The van der Waals surface area contributed by atoms with Gasteiger partial charge in [-0.25, -0.2) is 0 Å². The van der Waals surface area contributed by atoms with Crippen molar-refractivity contribution >= 4 is 37.7 Å². The third-order valence-electron chi connectivity index (χ3n) is 0. The van der Waals surface area contributed by atoms with E-state index in [1.54, 1.807) is 0 Å². The average molecular weight is 221 g/mol. The third kappa shape index (κ3) is 8.85. The van der Waals surface area contributed by atoms with Gasteiger partial charge in [-0.2, -0.15) is 0 Å². The second kappa shape index (κ2) is 18.5. The first-order valence-corrected chi connectivity index (χ1v) is 0. The zero-order chi connectivity index (χ0) is 0. The van der Waals surface area contributed by atoms with Crippen LogP contribution in [0, 0.1) is 35.6 Å². The molecule has 0 aliphatic rings. The van der Waals surface area contributed by atoms with Crippen molar-refractivity contribution in [3.63, 3.8) is 0 Å². The molecule has 0 saturated carbocycles. The molecule has 0 spiro atoms. The number of halogens is 2. The van der Waals surface area contributed by atoms with E-state index in [2.05, 4.69) is 0 Å². The van der Waals surface area contributed by atoms with Crippen LogP contribution in [0.3, 0.4) is 0 Å². The number of rotatable bonds is 0. The first-order valence-electron chi connectivity index (χ1n) is 0. The molecule has 4 heteroatoms. The molecule has 23 valence electrons. The van der Waals surface area contributed by atoms with Gasteiger partial charge in [-0.05, 0) is 0 Å². The summed E-state index contributed by atoms with van der Waals surface area (Å²) in [4.78, 5) is 0. The Balaban J connectivity index is 0. The van der Waals surface area contributed by atoms with E-state index in [4.69, 9.17) is 0 Å². The fourth-order valence-corrected chi connectivity index (χ4v) is 0. The normalized spacial score (nSPS) is 0. The van der Waals surface area contributed by atoms with E-state index in [1.807, 2.05) is 0 Å². The van der Waals surface area contributed by atoms with E-state index < -0.39 is 0 Å². The minimum atomic E-state index is 0. The van der Waals surface area contributed by atoms with Crippen LogP contribution in [0.1, 0.15) is 0 Å². The fraction of sp³-hybridized carbons (Fsp3) is 0. The average Bonchev–Trinajstić information content (AvgIpc) is 0. The molecule has 0 bridgehead atoms. The standard InChI is InChI=1S/Ca.2FH.La.2H/h;2*1H;;;. The Morgan fingerprint density at radius 1 is 0.750 bits per heavy atom. The van der Waals surface area contributed by atoms with E-state index in [0.717, 1.165) is 0 Å². The molecule has 0 aromatic carbocycles. The van der Waals surface area contributed by atoms with Gasteiger partial charge >= 0.3 is 37.7 Å². The Hall–Kier alpha value is 2.31. The Morgan fingerprint density at radius 3 is 0.750 bits per heavy atom. The molecule has 0 saturated heterocycles. The van der Waals surface area contributed by atoms with E-state index in [1.165, 1.54) is 0 Å². The minimum Gasteiger partial charge on any atom is 0 e. The van der Waals surface area contributed by atoms with E-state index in [-0.39, 0.29) is 82.7 Å². The molecule has 0 fully saturated rings. The van der Waals surface area contributed by atoms with Crippen LogP contribution in [-0.2, 0) is 0 Å². The summed E-state index contributed by atoms with van der Waals surface area (Å²) >= 11 is 0. The van der Waals surface area contributed by atoms with E-state index in [9.17, 15) is 0 Å². The molecule has 4 heavy (non-hydrogen) atoms. The maximum Gasteiger partial charge on any atom is 0 e. The van der Waals surface area contributed by atoms with Gasteiger partial charge in [-0.15, -0.1) is 0 Å². The Kier molecular flexibility index (Phi) is 154. The van der Waals surface area contributed by atoms with Crippen LogP contribution < -0.4 is 0 Å². The molecular formula is H4CaF2La. The smallest absolute Gasteiger partial charge is 0 e. The van der Waals surface area contributed by atoms with Gasteiger partial charge in [0.15, 0.2) is 0 Å². The number of hydrogen-bond donors (Lipinski definition) is 0. The molecule has 0 amide bonds. The summed E-state index contributed by atoms with van der Waals surface area (Å²) in [5.41, 5.74) is 0. The summed E-state index contributed by atoms with van der Waals surface area (Å²) in [6.45, 7) is 0. The Labute approximate surface area is 81.0 Å². The summed E-state index contributed by atoms with van der Waals surface area (Å²) in [6.07, 6.45) is 0. The molecule has 0 atom stereocenters. The first kappa shape index (κ1) is 33.3. The molecule has 0 N–H and O–H groups in total. The zero-order valence-electron chi connectivity index (χ0n) is 1.39. The van der Waals surface area contributed by atoms with Gasteiger partial charge in [-0.3, -0.25) is 9.41 Å². The first-order chi connectivity index (χ1) is 0. The van der Waals surface area contributed by atoms with Gasteiger partial charge in [-0.1, -0.05) is 0 Å². The minimum absolute atomic E-state index is 0. The van der Waals surface area contributed by atoms with Crippen LogP contribution in [0.15, 0.2) is 0 Å². The molecule has 0 nitrogen and oxygen atoms in total. The molecular weight excluding hydrogens is 217 g/mol. The van der Waals surface area contributed by atoms with Crippen LogP contribution in [0.2, 0.25) is 0 Å². The summed E-state index contributed by atoms with van der Waals surface area (Å²) in [5, 5.41) is 0. The molecule has 0 unspecified atom stereocenters. The Bertz CT molecular complexity index is 6.00. The summed E-state index contributed by atoms with van der Waals surface area (Å²) in [7, 11) is 0. The monoisotopic (exact) mass is 221 g/mol. The maximum absolute atomic E-state index is 0. The molecule has 1 radical (unpaired) electrons. The van der Waals surface area contributed by atoms with Crippen LogP contribution in [0.25, 0.3) is 0 Å². The van der Waals surface area contributed by atoms with Gasteiger partial charge in [0.25, 0.3) is 0 Å². The molecule has 0 heterocycles. The molecule has 0 rings (SSSR count).